The highest BCUT2D eigenvalue weighted by atomic mass is 16.5. The van der Waals surface area contributed by atoms with E-state index in [1.54, 1.807) is 6.07 Å². The molecular weight excluding hydrogens is 588 g/mol. The fourth-order valence-electron chi connectivity index (χ4n) is 8.28. The minimum Gasteiger partial charge on any atom is -0.455 e. The quantitative estimate of drug-likeness (QED) is 0.106. The van der Waals surface area contributed by atoms with Gasteiger partial charge >= 0.3 is 0 Å². The molecule has 0 heterocycles. The van der Waals surface area contributed by atoms with Crippen molar-refractivity contribution in [2.45, 2.75) is 154 Å². The maximum atomic E-state index is 6.35. The molecule has 0 saturated heterocycles. The van der Waals surface area contributed by atoms with Crippen molar-refractivity contribution in [1.29, 1.82) is 0 Å². The molecule has 2 saturated carbocycles. The van der Waals surface area contributed by atoms with Crippen molar-refractivity contribution >= 4 is 11.4 Å². The van der Waals surface area contributed by atoms with Crippen LogP contribution in [0.5, 0.6) is 23.0 Å². The average molecular weight is 653 g/mol. The number of rotatable bonds is 18. The van der Waals surface area contributed by atoms with E-state index < -0.39 is 0 Å². The first kappa shape index (κ1) is 36.1. The van der Waals surface area contributed by atoms with Gasteiger partial charge in [0.05, 0.1) is 11.4 Å². The predicted octanol–water partition coefficient (Wildman–Crippen LogP) is 13.7. The van der Waals surface area contributed by atoms with Crippen LogP contribution in [0.4, 0.5) is 11.4 Å². The van der Waals surface area contributed by atoms with E-state index in [1.165, 1.54) is 140 Å². The van der Waals surface area contributed by atoms with Crippen LogP contribution in [-0.4, -0.2) is 0 Å². The fraction of sp³-hybridized carbons (Fsp3) is 0.591. The number of hydrogen-bond donors (Lipinski definition) is 2. The third-order valence-electron chi connectivity index (χ3n) is 11.4. The Morgan fingerprint density at radius 3 is 1.23 bits per heavy atom. The minimum atomic E-state index is 0.504. The number of anilines is 2. The standard InChI is InChI=1S/C44H64N2O2/c1-3-5-7-9-11-13-33-15-19-35(20-16-33)37-23-27-39(28-24-37)47-43-32-44(42(46)31-41(43)45)48-40-29-25-38(26-30-40)36-21-17-34(18-22-36)14-12-10-8-6-4-2/h23-36H,3-22,45-46H2,1-2H3. The number of unbranched alkanes of at least 4 members (excludes halogenated alkanes) is 8. The Hall–Kier alpha value is -3.14. The molecule has 2 aliphatic rings. The van der Waals surface area contributed by atoms with Gasteiger partial charge in [0.1, 0.15) is 11.5 Å². The van der Waals surface area contributed by atoms with E-state index in [9.17, 15) is 0 Å². The molecule has 4 nitrogen and oxygen atoms in total. The lowest BCUT2D eigenvalue weighted by Crippen LogP contribution is -2.13. The molecule has 4 heteroatoms. The van der Waals surface area contributed by atoms with Gasteiger partial charge in [0.15, 0.2) is 11.5 Å². The van der Waals surface area contributed by atoms with Gasteiger partial charge in [-0.2, -0.15) is 0 Å². The molecule has 0 spiro atoms. The molecule has 48 heavy (non-hydrogen) atoms. The van der Waals surface area contributed by atoms with Gasteiger partial charge in [-0.15, -0.1) is 0 Å². The number of ether oxygens (including phenoxy) is 2. The van der Waals surface area contributed by atoms with Gasteiger partial charge in [0, 0.05) is 6.07 Å². The van der Waals surface area contributed by atoms with Crippen molar-refractivity contribution in [1.82, 2.24) is 0 Å². The van der Waals surface area contributed by atoms with Crippen LogP contribution in [0.2, 0.25) is 0 Å². The summed E-state index contributed by atoms with van der Waals surface area (Å²) in [4.78, 5) is 0. The number of hydrogen-bond acceptors (Lipinski definition) is 4. The summed E-state index contributed by atoms with van der Waals surface area (Å²) in [6, 6.07) is 20.8. The first-order chi connectivity index (χ1) is 23.5. The third kappa shape index (κ3) is 10.9. The molecule has 3 aromatic carbocycles. The van der Waals surface area contributed by atoms with Crippen molar-refractivity contribution in [2.24, 2.45) is 11.8 Å². The Kier molecular flexibility index (Phi) is 14.4. The molecule has 0 radical (unpaired) electrons. The third-order valence-corrected chi connectivity index (χ3v) is 11.4. The van der Waals surface area contributed by atoms with Gasteiger partial charge in [-0.25, -0.2) is 0 Å². The maximum Gasteiger partial charge on any atom is 0.154 e. The molecule has 0 aromatic heterocycles. The van der Waals surface area contributed by atoms with Crippen LogP contribution in [0.25, 0.3) is 0 Å². The molecule has 0 aliphatic heterocycles. The highest BCUT2D eigenvalue weighted by Gasteiger charge is 2.23. The van der Waals surface area contributed by atoms with Crippen LogP contribution in [0, 0.1) is 11.8 Å². The summed E-state index contributed by atoms with van der Waals surface area (Å²) in [6.45, 7) is 4.58. The van der Waals surface area contributed by atoms with E-state index in [0.29, 0.717) is 34.7 Å². The zero-order valence-corrected chi connectivity index (χ0v) is 30.2. The van der Waals surface area contributed by atoms with Crippen molar-refractivity contribution in [3.8, 4) is 23.0 Å². The van der Waals surface area contributed by atoms with Gasteiger partial charge in [-0.1, -0.05) is 115 Å². The minimum absolute atomic E-state index is 0.504. The Labute approximate surface area is 292 Å². The number of benzene rings is 3. The van der Waals surface area contributed by atoms with E-state index >= 15 is 0 Å². The molecule has 0 amide bonds. The van der Waals surface area contributed by atoms with Crippen LogP contribution in [-0.2, 0) is 0 Å². The van der Waals surface area contributed by atoms with Crippen molar-refractivity contribution in [3.05, 3.63) is 71.8 Å². The zero-order valence-electron chi connectivity index (χ0n) is 30.2. The predicted molar refractivity (Wildman–Crippen MR) is 204 cm³/mol. The van der Waals surface area contributed by atoms with Crippen molar-refractivity contribution < 1.29 is 9.47 Å². The van der Waals surface area contributed by atoms with Gasteiger partial charge in [0.2, 0.25) is 0 Å². The van der Waals surface area contributed by atoms with Gasteiger partial charge in [-0.3, -0.25) is 0 Å². The normalized spacial score (nSPS) is 21.2. The average Bonchev–Trinajstić information content (AvgIpc) is 3.11. The van der Waals surface area contributed by atoms with Crippen LogP contribution in [0.1, 0.15) is 165 Å². The van der Waals surface area contributed by atoms with Crippen LogP contribution < -0.4 is 20.9 Å². The monoisotopic (exact) mass is 652 g/mol. The van der Waals surface area contributed by atoms with E-state index in [4.69, 9.17) is 20.9 Å². The largest absolute Gasteiger partial charge is 0.455 e. The van der Waals surface area contributed by atoms with E-state index in [0.717, 1.165) is 23.3 Å². The molecule has 3 aromatic rings. The van der Waals surface area contributed by atoms with E-state index in [2.05, 4.69) is 62.4 Å². The molecule has 0 unspecified atom stereocenters. The van der Waals surface area contributed by atoms with Crippen molar-refractivity contribution in [3.63, 3.8) is 0 Å². The fourth-order valence-corrected chi connectivity index (χ4v) is 8.28. The Morgan fingerprint density at radius 2 is 0.854 bits per heavy atom. The molecule has 0 atom stereocenters. The molecule has 0 bridgehead atoms. The Balaban J connectivity index is 1.09. The summed E-state index contributed by atoms with van der Waals surface area (Å²) in [5, 5.41) is 0. The summed E-state index contributed by atoms with van der Waals surface area (Å²) in [5.41, 5.74) is 16.5. The molecule has 4 N–H and O–H groups in total. The second-order valence-corrected chi connectivity index (χ2v) is 15.1. The highest BCUT2D eigenvalue weighted by molar-refractivity contribution is 5.68. The lowest BCUT2D eigenvalue weighted by molar-refractivity contribution is 0.302. The van der Waals surface area contributed by atoms with Crippen LogP contribution >= 0.6 is 0 Å². The molecule has 5 rings (SSSR count). The summed E-state index contributed by atoms with van der Waals surface area (Å²) >= 11 is 0. The van der Waals surface area contributed by atoms with Gasteiger partial charge < -0.3 is 20.9 Å². The summed E-state index contributed by atoms with van der Waals surface area (Å²) < 4.78 is 12.5. The Bertz CT molecular complexity index is 1230. The lowest BCUT2D eigenvalue weighted by Gasteiger charge is -2.29. The van der Waals surface area contributed by atoms with Crippen LogP contribution in [0.15, 0.2) is 60.7 Å². The van der Waals surface area contributed by atoms with E-state index in [-0.39, 0.29) is 0 Å². The molecular formula is C44H64N2O2. The summed E-state index contributed by atoms with van der Waals surface area (Å²) in [6.07, 6.45) is 27.4. The summed E-state index contributed by atoms with van der Waals surface area (Å²) in [5.74, 6) is 5.83. The second kappa shape index (κ2) is 19.2. The molecule has 2 aliphatic carbocycles. The zero-order chi connectivity index (χ0) is 33.6. The van der Waals surface area contributed by atoms with Crippen LogP contribution in [0.3, 0.4) is 0 Å². The topological polar surface area (TPSA) is 70.5 Å². The first-order valence-electron chi connectivity index (χ1n) is 19.8. The number of nitrogen functional groups attached to an aromatic ring is 2. The first-order valence-corrected chi connectivity index (χ1v) is 19.8. The smallest absolute Gasteiger partial charge is 0.154 e. The molecule has 2 fully saturated rings. The highest BCUT2D eigenvalue weighted by Crippen LogP contribution is 2.42. The van der Waals surface area contributed by atoms with Crippen molar-refractivity contribution in [2.75, 3.05) is 11.5 Å². The second-order valence-electron chi connectivity index (χ2n) is 15.1. The van der Waals surface area contributed by atoms with Gasteiger partial charge in [0.25, 0.3) is 0 Å². The molecule has 262 valence electrons. The number of nitrogens with two attached hydrogens (primary N) is 2. The SMILES string of the molecule is CCCCCCCC1CCC(c2ccc(Oc3cc(Oc4ccc(C5CCC(CCCCCCC)CC5)cc4)c(N)cc3N)cc2)CC1. The Morgan fingerprint density at radius 1 is 0.479 bits per heavy atom. The maximum absolute atomic E-state index is 6.35. The lowest BCUT2D eigenvalue weighted by atomic mass is 9.77. The summed E-state index contributed by atoms with van der Waals surface area (Å²) in [7, 11) is 0. The van der Waals surface area contributed by atoms with Gasteiger partial charge in [-0.05, 0) is 116 Å². The van der Waals surface area contributed by atoms with E-state index in [1.807, 2.05) is 6.07 Å².